The molecule has 0 aliphatic rings. The average molecular weight is 439 g/mol. The second kappa shape index (κ2) is 8.57. The van der Waals surface area contributed by atoms with Crippen LogP contribution in [-0.2, 0) is 23.9 Å². The van der Waals surface area contributed by atoms with Crippen molar-refractivity contribution in [2.24, 2.45) is 0 Å². The number of thiophene rings is 1. The number of aliphatic hydroxyl groups is 1. The first-order valence-corrected chi connectivity index (χ1v) is 10.1. The minimum absolute atomic E-state index is 0.0591. The molecule has 6 nitrogen and oxygen atoms in total. The van der Waals surface area contributed by atoms with Crippen LogP contribution in [0.1, 0.15) is 45.9 Å². The Kier molecular flexibility index (Phi) is 6.27. The second-order valence-corrected chi connectivity index (χ2v) is 7.60. The maximum Gasteiger partial charge on any atom is 0.434 e. The molecule has 160 valence electrons. The highest BCUT2D eigenvalue weighted by molar-refractivity contribution is 7.15. The summed E-state index contributed by atoms with van der Waals surface area (Å²) in [6.45, 7) is 5.15. The second-order valence-electron chi connectivity index (χ2n) is 6.37. The Hall–Kier alpha value is -2.72. The van der Waals surface area contributed by atoms with Gasteiger partial charge in [-0.3, -0.25) is 0 Å². The fourth-order valence-corrected chi connectivity index (χ4v) is 4.51. The van der Waals surface area contributed by atoms with Gasteiger partial charge in [-0.1, -0.05) is 13.0 Å². The van der Waals surface area contributed by atoms with Crippen LogP contribution in [0.2, 0.25) is 0 Å². The van der Waals surface area contributed by atoms with Crippen LogP contribution in [0.15, 0.2) is 24.4 Å². The quantitative estimate of drug-likeness (QED) is 0.570. The van der Waals surface area contributed by atoms with Crippen molar-refractivity contribution in [1.29, 1.82) is 0 Å². The number of hydrogen-bond donors (Lipinski definition) is 1. The van der Waals surface area contributed by atoms with E-state index in [1.165, 1.54) is 24.3 Å². The first-order chi connectivity index (χ1) is 14.2. The Morgan fingerprint density at radius 1 is 1.27 bits per heavy atom. The van der Waals surface area contributed by atoms with Crippen LogP contribution in [0, 0.1) is 6.92 Å². The lowest BCUT2D eigenvalue weighted by Crippen LogP contribution is -2.19. The van der Waals surface area contributed by atoms with E-state index in [1.807, 2.05) is 13.8 Å². The van der Waals surface area contributed by atoms with E-state index < -0.39 is 23.4 Å². The number of nitrogens with zero attached hydrogens (tertiary/aromatic N) is 3. The SMILES string of the molecule is CCOC(=O)c1cnn(-c2cccc(-c3sc(C)c(CC)c3CO)n2)c1C(F)(F)F. The van der Waals surface area contributed by atoms with Crippen LogP contribution < -0.4 is 0 Å². The van der Waals surface area contributed by atoms with E-state index >= 15 is 0 Å². The van der Waals surface area contributed by atoms with Gasteiger partial charge in [-0.05, 0) is 38.0 Å². The smallest absolute Gasteiger partial charge is 0.434 e. The molecule has 0 aliphatic carbocycles. The van der Waals surface area contributed by atoms with Gasteiger partial charge in [0.25, 0.3) is 0 Å². The third-order valence-corrected chi connectivity index (χ3v) is 5.76. The van der Waals surface area contributed by atoms with Crippen molar-refractivity contribution in [3.63, 3.8) is 0 Å². The summed E-state index contributed by atoms with van der Waals surface area (Å²) in [6.07, 6.45) is -3.29. The van der Waals surface area contributed by atoms with Crippen molar-refractivity contribution in [3.8, 4) is 16.4 Å². The summed E-state index contributed by atoms with van der Waals surface area (Å²) in [5, 5.41) is 13.6. The molecule has 0 aliphatic heterocycles. The summed E-state index contributed by atoms with van der Waals surface area (Å²) in [6, 6.07) is 4.60. The number of alkyl halides is 3. The van der Waals surface area contributed by atoms with Crippen molar-refractivity contribution in [2.75, 3.05) is 6.61 Å². The third kappa shape index (κ3) is 3.97. The van der Waals surface area contributed by atoms with Gasteiger partial charge in [-0.15, -0.1) is 11.3 Å². The van der Waals surface area contributed by atoms with Gasteiger partial charge in [0.1, 0.15) is 5.56 Å². The van der Waals surface area contributed by atoms with Crippen molar-refractivity contribution in [2.45, 2.75) is 40.0 Å². The van der Waals surface area contributed by atoms with Gasteiger partial charge in [-0.2, -0.15) is 18.3 Å². The van der Waals surface area contributed by atoms with E-state index in [9.17, 15) is 23.1 Å². The highest BCUT2D eigenvalue weighted by atomic mass is 32.1. The molecule has 0 radical (unpaired) electrons. The van der Waals surface area contributed by atoms with Gasteiger partial charge < -0.3 is 9.84 Å². The van der Waals surface area contributed by atoms with Crippen LogP contribution >= 0.6 is 11.3 Å². The van der Waals surface area contributed by atoms with Gasteiger partial charge in [0.05, 0.1) is 30.0 Å². The molecule has 10 heteroatoms. The number of aliphatic hydroxyl groups excluding tert-OH is 1. The molecule has 0 spiro atoms. The Morgan fingerprint density at radius 2 is 2.00 bits per heavy atom. The zero-order valence-electron chi connectivity index (χ0n) is 16.6. The summed E-state index contributed by atoms with van der Waals surface area (Å²) in [4.78, 5) is 18.0. The van der Waals surface area contributed by atoms with Crippen LogP contribution in [0.3, 0.4) is 0 Å². The molecule has 0 fully saturated rings. The number of aromatic nitrogens is 3. The van der Waals surface area contributed by atoms with E-state index in [1.54, 1.807) is 12.1 Å². The fourth-order valence-electron chi connectivity index (χ4n) is 3.28. The van der Waals surface area contributed by atoms with Gasteiger partial charge in [0, 0.05) is 10.4 Å². The molecule has 0 unspecified atom stereocenters. The predicted octanol–water partition coefficient (Wildman–Crippen LogP) is 4.55. The third-order valence-electron chi connectivity index (χ3n) is 4.55. The van der Waals surface area contributed by atoms with Crippen molar-refractivity contribution < 1.29 is 27.8 Å². The lowest BCUT2D eigenvalue weighted by Gasteiger charge is -2.12. The highest BCUT2D eigenvalue weighted by Crippen LogP contribution is 2.37. The molecular formula is C20H20F3N3O3S. The van der Waals surface area contributed by atoms with Gasteiger partial charge in [-0.25, -0.2) is 14.5 Å². The Morgan fingerprint density at radius 3 is 2.60 bits per heavy atom. The number of halogens is 3. The number of pyridine rings is 1. The molecular weight excluding hydrogens is 419 g/mol. The van der Waals surface area contributed by atoms with E-state index in [0.29, 0.717) is 20.8 Å². The standard InChI is InChI=1S/C20H20F3N3O3S/c1-4-12-11(3)30-17(14(12)10-27)15-7-6-8-16(25-15)26-18(20(21,22)23)13(9-24-26)19(28)29-5-2/h6-9,27H,4-5,10H2,1-3H3. The Balaban J connectivity index is 2.15. The van der Waals surface area contributed by atoms with E-state index in [-0.39, 0.29) is 19.0 Å². The molecule has 3 aromatic rings. The summed E-state index contributed by atoms with van der Waals surface area (Å²) < 4.78 is 46.6. The van der Waals surface area contributed by atoms with Crippen LogP contribution in [0.4, 0.5) is 13.2 Å². The van der Waals surface area contributed by atoms with Crippen molar-refractivity contribution in [1.82, 2.24) is 14.8 Å². The number of rotatable bonds is 6. The predicted molar refractivity (Wildman–Crippen MR) is 106 cm³/mol. The molecule has 0 atom stereocenters. The van der Waals surface area contributed by atoms with Gasteiger partial charge >= 0.3 is 12.1 Å². The van der Waals surface area contributed by atoms with Crippen molar-refractivity contribution in [3.05, 3.63) is 51.7 Å². The number of esters is 1. The summed E-state index contributed by atoms with van der Waals surface area (Å²) in [7, 11) is 0. The monoisotopic (exact) mass is 439 g/mol. The maximum absolute atomic E-state index is 13.7. The van der Waals surface area contributed by atoms with Gasteiger partial charge in [0.2, 0.25) is 0 Å². The van der Waals surface area contributed by atoms with Crippen molar-refractivity contribution >= 4 is 17.3 Å². The van der Waals surface area contributed by atoms with Crippen LogP contribution in [0.25, 0.3) is 16.4 Å². The lowest BCUT2D eigenvalue weighted by molar-refractivity contribution is -0.143. The summed E-state index contributed by atoms with van der Waals surface area (Å²) in [5.74, 6) is -1.19. The number of hydrogen-bond acceptors (Lipinski definition) is 6. The fraction of sp³-hybridized carbons (Fsp3) is 0.350. The Labute approximate surface area is 174 Å². The van der Waals surface area contributed by atoms with E-state index in [4.69, 9.17) is 4.74 Å². The molecule has 3 aromatic heterocycles. The molecule has 0 aromatic carbocycles. The average Bonchev–Trinajstić information content (AvgIpc) is 3.29. The number of aryl methyl sites for hydroxylation is 1. The molecule has 3 heterocycles. The molecule has 1 N–H and O–H groups in total. The first-order valence-electron chi connectivity index (χ1n) is 9.24. The molecule has 0 bridgehead atoms. The van der Waals surface area contributed by atoms with E-state index in [0.717, 1.165) is 23.1 Å². The topological polar surface area (TPSA) is 77.2 Å². The molecule has 0 saturated carbocycles. The van der Waals surface area contributed by atoms with Gasteiger partial charge in [0.15, 0.2) is 11.5 Å². The largest absolute Gasteiger partial charge is 0.462 e. The normalized spacial score (nSPS) is 11.7. The molecule has 30 heavy (non-hydrogen) atoms. The number of carbonyl (C=O) groups excluding carboxylic acids is 1. The number of carbonyl (C=O) groups is 1. The minimum atomic E-state index is -4.85. The lowest BCUT2D eigenvalue weighted by atomic mass is 10.1. The minimum Gasteiger partial charge on any atom is -0.462 e. The molecule has 3 rings (SSSR count). The zero-order valence-corrected chi connectivity index (χ0v) is 17.4. The number of ether oxygens (including phenoxy) is 1. The summed E-state index contributed by atoms with van der Waals surface area (Å²) in [5.41, 5.74) is 0.223. The Bertz CT molecular complexity index is 1070. The highest BCUT2D eigenvalue weighted by Gasteiger charge is 2.41. The first kappa shape index (κ1) is 22.0. The van der Waals surface area contributed by atoms with Crippen LogP contribution in [-0.4, -0.2) is 32.4 Å². The molecule has 0 amide bonds. The zero-order chi connectivity index (χ0) is 22.1. The molecule has 0 saturated heterocycles. The maximum atomic E-state index is 13.7. The van der Waals surface area contributed by atoms with E-state index in [2.05, 4.69) is 10.1 Å². The van der Waals surface area contributed by atoms with Crippen LogP contribution in [0.5, 0.6) is 0 Å². The summed E-state index contributed by atoms with van der Waals surface area (Å²) >= 11 is 1.43.